The van der Waals surface area contributed by atoms with E-state index in [1.165, 1.54) is 28.8 Å². The van der Waals surface area contributed by atoms with Crippen LogP contribution >= 0.6 is 0 Å². The number of aromatic nitrogens is 1. The van der Waals surface area contributed by atoms with Crippen LogP contribution in [0.1, 0.15) is 32.8 Å². The van der Waals surface area contributed by atoms with Gasteiger partial charge in [-0.3, -0.25) is 14.4 Å². The van der Waals surface area contributed by atoms with Crippen LogP contribution < -0.4 is 10.7 Å². The van der Waals surface area contributed by atoms with E-state index in [9.17, 15) is 28.3 Å². The zero-order valence-electron chi connectivity index (χ0n) is 17.2. The van der Waals surface area contributed by atoms with Crippen molar-refractivity contribution in [3.8, 4) is 5.75 Å². The fourth-order valence-electron chi connectivity index (χ4n) is 4.10. The molecule has 2 amide bonds. The summed E-state index contributed by atoms with van der Waals surface area (Å²) < 4.78 is 38.9. The number of carbonyl (C=O) groups is 2. The standard InChI is InChI=1S/C21H21F2N3O6/c1-31-11-25-9-21(4-5-32-10-21)26-8-14(17(27)18(28)16(26)20(25)30)19(29)24-7-12-2-3-13(22)6-15(12)23/h2-3,6,8,28H,4-5,7,9-11H2,1H3,(H,24,29). The fourth-order valence-corrected chi connectivity index (χ4v) is 4.10. The molecule has 2 aromatic rings. The van der Waals surface area contributed by atoms with Crippen molar-refractivity contribution in [3.63, 3.8) is 0 Å². The number of fused-ring (bicyclic) bond motifs is 2. The van der Waals surface area contributed by atoms with E-state index in [2.05, 4.69) is 5.32 Å². The lowest BCUT2D eigenvalue weighted by Gasteiger charge is -2.42. The zero-order chi connectivity index (χ0) is 23.0. The SMILES string of the molecule is COCN1CC2(CCOC2)n2cc(C(=O)NCc3ccc(F)cc3F)c(=O)c(O)c2C1=O. The summed E-state index contributed by atoms with van der Waals surface area (Å²) in [5.41, 5.74) is -2.45. The minimum absolute atomic E-state index is 0.0214. The van der Waals surface area contributed by atoms with Crippen molar-refractivity contribution in [1.82, 2.24) is 14.8 Å². The van der Waals surface area contributed by atoms with Crippen molar-refractivity contribution in [3.05, 3.63) is 63.1 Å². The molecule has 11 heteroatoms. The maximum atomic E-state index is 13.9. The Morgan fingerprint density at radius 1 is 1.34 bits per heavy atom. The summed E-state index contributed by atoms with van der Waals surface area (Å²) >= 11 is 0. The number of hydrogen-bond donors (Lipinski definition) is 2. The summed E-state index contributed by atoms with van der Waals surface area (Å²) in [7, 11) is 1.42. The highest BCUT2D eigenvalue weighted by Gasteiger charge is 2.47. The van der Waals surface area contributed by atoms with E-state index >= 15 is 0 Å². The molecule has 0 saturated carbocycles. The Morgan fingerprint density at radius 2 is 2.12 bits per heavy atom. The quantitative estimate of drug-likeness (QED) is 0.703. The molecular weight excluding hydrogens is 428 g/mol. The van der Waals surface area contributed by atoms with Crippen LogP contribution in [0.25, 0.3) is 0 Å². The third-order valence-electron chi connectivity index (χ3n) is 5.74. The number of nitrogens with zero attached hydrogens (tertiary/aromatic N) is 2. The number of halogens is 2. The molecule has 1 aromatic heterocycles. The third kappa shape index (κ3) is 3.63. The summed E-state index contributed by atoms with van der Waals surface area (Å²) in [5.74, 6) is -3.94. The van der Waals surface area contributed by atoms with Gasteiger partial charge in [-0.2, -0.15) is 0 Å². The second-order valence-electron chi connectivity index (χ2n) is 7.81. The number of carbonyl (C=O) groups excluding carboxylic acids is 2. The summed E-state index contributed by atoms with van der Waals surface area (Å²) in [6.07, 6.45) is 1.71. The van der Waals surface area contributed by atoms with Gasteiger partial charge in [-0.1, -0.05) is 6.07 Å². The average Bonchev–Trinajstić information content (AvgIpc) is 3.22. The lowest BCUT2D eigenvalue weighted by atomic mass is 9.92. The van der Waals surface area contributed by atoms with Gasteiger partial charge in [0.1, 0.15) is 23.9 Å². The topological polar surface area (TPSA) is 110 Å². The first-order chi connectivity index (χ1) is 15.3. The third-order valence-corrected chi connectivity index (χ3v) is 5.74. The molecule has 1 unspecified atom stereocenters. The smallest absolute Gasteiger partial charge is 0.276 e. The average molecular weight is 449 g/mol. The molecule has 1 saturated heterocycles. The Labute approximate surface area is 181 Å². The molecule has 0 aliphatic carbocycles. The van der Waals surface area contributed by atoms with E-state index in [0.717, 1.165) is 6.07 Å². The number of ether oxygens (including phenoxy) is 2. The summed E-state index contributed by atoms with van der Waals surface area (Å²) in [4.78, 5) is 39.7. The molecular formula is C21H21F2N3O6. The van der Waals surface area contributed by atoms with Gasteiger partial charge < -0.3 is 29.4 Å². The number of methoxy groups -OCH3 is 1. The minimum atomic E-state index is -1.03. The lowest BCUT2D eigenvalue weighted by molar-refractivity contribution is 0.0110. The first kappa shape index (κ1) is 21.9. The Morgan fingerprint density at radius 3 is 2.78 bits per heavy atom. The van der Waals surface area contributed by atoms with Crippen LogP contribution in [-0.4, -0.2) is 60.0 Å². The predicted octanol–water partition coefficient (Wildman–Crippen LogP) is 0.937. The second kappa shape index (κ2) is 8.32. The Balaban J connectivity index is 1.71. The van der Waals surface area contributed by atoms with Gasteiger partial charge in [0.05, 0.1) is 12.1 Å². The number of pyridine rings is 1. The van der Waals surface area contributed by atoms with Gasteiger partial charge in [0, 0.05) is 44.6 Å². The van der Waals surface area contributed by atoms with Gasteiger partial charge in [-0.05, 0) is 12.5 Å². The highest BCUT2D eigenvalue weighted by Crippen LogP contribution is 2.36. The van der Waals surface area contributed by atoms with E-state index in [4.69, 9.17) is 9.47 Å². The maximum Gasteiger partial charge on any atom is 0.276 e. The normalized spacial score (nSPS) is 20.0. The molecule has 1 fully saturated rings. The Kier molecular flexibility index (Phi) is 5.70. The fraction of sp³-hybridized carbons (Fsp3) is 0.381. The monoisotopic (exact) mass is 449 g/mol. The predicted molar refractivity (Wildman–Crippen MR) is 106 cm³/mol. The molecule has 0 bridgehead atoms. The zero-order valence-corrected chi connectivity index (χ0v) is 17.2. The highest BCUT2D eigenvalue weighted by atomic mass is 19.1. The van der Waals surface area contributed by atoms with Crippen molar-refractivity contribution in [2.24, 2.45) is 0 Å². The van der Waals surface area contributed by atoms with Crippen LogP contribution in [0, 0.1) is 11.6 Å². The van der Waals surface area contributed by atoms with Crippen LogP contribution in [0.4, 0.5) is 8.78 Å². The molecule has 2 N–H and O–H groups in total. The van der Waals surface area contributed by atoms with Gasteiger partial charge in [0.25, 0.3) is 11.8 Å². The Bertz CT molecular complexity index is 1140. The minimum Gasteiger partial charge on any atom is -0.503 e. The van der Waals surface area contributed by atoms with Crippen molar-refractivity contribution in [1.29, 1.82) is 0 Å². The van der Waals surface area contributed by atoms with E-state index < -0.39 is 45.7 Å². The van der Waals surface area contributed by atoms with Gasteiger partial charge in [-0.15, -0.1) is 0 Å². The van der Waals surface area contributed by atoms with Crippen LogP contribution in [-0.2, 0) is 21.6 Å². The molecule has 0 radical (unpaired) electrons. The van der Waals surface area contributed by atoms with Crippen molar-refractivity contribution in [2.75, 3.05) is 33.6 Å². The maximum absolute atomic E-state index is 13.9. The van der Waals surface area contributed by atoms with Crippen LogP contribution in [0.15, 0.2) is 29.2 Å². The van der Waals surface area contributed by atoms with Gasteiger partial charge in [0.15, 0.2) is 11.4 Å². The van der Waals surface area contributed by atoms with Crippen molar-refractivity contribution in [2.45, 2.75) is 18.5 Å². The molecule has 4 rings (SSSR count). The van der Waals surface area contributed by atoms with E-state index in [-0.39, 0.29) is 37.7 Å². The molecule has 1 spiro atoms. The number of benzene rings is 1. The number of hydrogen-bond acceptors (Lipinski definition) is 6. The molecule has 170 valence electrons. The largest absolute Gasteiger partial charge is 0.503 e. The van der Waals surface area contributed by atoms with Crippen LogP contribution in [0.3, 0.4) is 0 Å². The number of amides is 2. The summed E-state index contributed by atoms with van der Waals surface area (Å²) in [6.45, 7) is 0.461. The second-order valence-corrected chi connectivity index (χ2v) is 7.81. The molecule has 2 aliphatic rings. The van der Waals surface area contributed by atoms with Crippen LogP contribution in [0.5, 0.6) is 5.75 Å². The van der Waals surface area contributed by atoms with E-state index in [1.807, 2.05) is 0 Å². The van der Waals surface area contributed by atoms with Crippen molar-refractivity contribution >= 4 is 11.8 Å². The Hall–Kier alpha value is -3.31. The van der Waals surface area contributed by atoms with E-state index in [1.54, 1.807) is 0 Å². The van der Waals surface area contributed by atoms with Gasteiger partial charge >= 0.3 is 0 Å². The molecule has 2 aliphatic heterocycles. The lowest BCUT2D eigenvalue weighted by Crippen LogP contribution is -2.55. The molecule has 3 heterocycles. The van der Waals surface area contributed by atoms with Gasteiger partial charge in [-0.25, -0.2) is 8.78 Å². The first-order valence-electron chi connectivity index (χ1n) is 9.84. The number of nitrogens with one attached hydrogen (secondary N) is 1. The molecule has 9 nitrogen and oxygen atoms in total. The molecule has 1 aromatic carbocycles. The summed E-state index contributed by atoms with van der Waals surface area (Å²) in [5, 5.41) is 13.0. The highest BCUT2D eigenvalue weighted by molar-refractivity contribution is 5.99. The van der Waals surface area contributed by atoms with E-state index in [0.29, 0.717) is 19.1 Å². The molecule has 1 atom stereocenters. The number of rotatable bonds is 5. The van der Waals surface area contributed by atoms with Crippen molar-refractivity contribution < 1.29 is 33.0 Å². The first-order valence-corrected chi connectivity index (χ1v) is 9.84. The number of aromatic hydroxyl groups is 1. The van der Waals surface area contributed by atoms with Crippen LogP contribution in [0.2, 0.25) is 0 Å². The van der Waals surface area contributed by atoms with Gasteiger partial charge in [0.2, 0.25) is 5.43 Å². The molecule has 32 heavy (non-hydrogen) atoms. The summed E-state index contributed by atoms with van der Waals surface area (Å²) in [6, 6.07) is 2.91.